The highest BCUT2D eigenvalue weighted by molar-refractivity contribution is 5.78. The van der Waals surface area contributed by atoms with Crippen molar-refractivity contribution in [3.8, 4) is 33.8 Å². The number of hydrogen-bond donors (Lipinski definition) is 2. The topological polar surface area (TPSA) is 68.3 Å². The quantitative estimate of drug-likeness (QED) is 0.225. The van der Waals surface area contributed by atoms with Crippen molar-refractivity contribution in [2.75, 3.05) is 24.9 Å². The van der Waals surface area contributed by atoms with Gasteiger partial charge in [0, 0.05) is 6.20 Å². The molecule has 6 heteroatoms. The van der Waals surface area contributed by atoms with E-state index in [-0.39, 0.29) is 0 Å². The van der Waals surface area contributed by atoms with Crippen LogP contribution in [0.5, 0.6) is 11.5 Å². The predicted molar refractivity (Wildman–Crippen MR) is 155 cm³/mol. The van der Waals surface area contributed by atoms with E-state index >= 15 is 0 Å². The first kappa shape index (κ1) is 24.8. The Labute approximate surface area is 223 Å². The number of methoxy groups -OCH3 is 2. The van der Waals surface area contributed by atoms with E-state index < -0.39 is 0 Å². The number of nitrogens with zero attached hydrogens (tertiary/aromatic N) is 2. The van der Waals surface area contributed by atoms with Gasteiger partial charge in [0.15, 0.2) is 0 Å². The summed E-state index contributed by atoms with van der Waals surface area (Å²) in [6.45, 7) is 4.17. The van der Waals surface area contributed by atoms with Crippen molar-refractivity contribution < 1.29 is 9.47 Å². The molecule has 0 radical (unpaired) electrons. The number of hydrogen-bond acceptors (Lipinski definition) is 6. The number of anilines is 4. The third kappa shape index (κ3) is 5.30. The minimum Gasteiger partial charge on any atom is -0.495 e. The molecule has 0 unspecified atom stereocenters. The van der Waals surface area contributed by atoms with Crippen LogP contribution in [-0.4, -0.2) is 24.2 Å². The second-order valence-corrected chi connectivity index (χ2v) is 8.98. The van der Waals surface area contributed by atoms with Crippen molar-refractivity contribution in [2.45, 2.75) is 13.8 Å². The first-order chi connectivity index (χ1) is 18.6. The summed E-state index contributed by atoms with van der Waals surface area (Å²) in [7, 11) is 3.34. The third-order valence-electron chi connectivity index (χ3n) is 6.43. The van der Waals surface area contributed by atoms with Crippen molar-refractivity contribution in [3.63, 3.8) is 0 Å². The monoisotopic (exact) mass is 502 g/mol. The van der Waals surface area contributed by atoms with Crippen LogP contribution in [0.3, 0.4) is 0 Å². The number of aromatic nitrogens is 2. The number of ether oxygens (including phenoxy) is 2. The van der Waals surface area contributed by atoms with E-state index in [2.05, 4.69) is 71.9 Å². The summed E-state index contributed by atoms with van der Waals surface area (Å²) in [6.07, 6.45) is 1.72. The Morgan fingerprint density at radius 1 is 0.605 bits per heavy atom. The molecular weight excluding hydrogens is 472 g/mol. The van der Waals surface area contributed by atoms with E-state index in [4.69, 9.17) is 14.5 Å². The normalized spacial score (nSPS) is 10.6. The van der Waals surface area contributed by atoms with Crippen molar-refractivity contribution in [3.05, 3.63) is 108 Å². The zero-order chi connectivity index (χ0) is 26.5. The third-order valence-corrected chi connectivity index (χ3v) is 6.43. The number of rotatable bonds is 8. The van der Waals surface area contributed by atoms with Gasteiger partial charge in [0.2, 0.25) is 5.95 Å². The predicted octanol–water partition coefficient (Wildman–Crippen LogP) is 7.93. The van der Waals surface area contributed by atoms with Gasteiger partial charge < -0.3 is 20.1 Å². The lowest BCUT2D eigenvalue weighted by Gasteiger charge is -2.16. The zero-order valence-electron chi connectivity index (χ0n) is 21.9. The summed E-state index contributed by atoms with van der Waals surface area (Å²) in [5.74, 6) is 2.54. The van der Waals surface area contributed by atoms with Crippen LogP contribution in [0.2, 0.25) is 0 Å². The molecule has 0 atom stereocenters. The van der Waals surface area contributed by atoms with Crippen LogP contribution in [0, 0.1) is 13.8 Å². The van der Waals surface area contributed by atoms with Crippen LogP contribution in [-0.2, 0) is 0 Å². The average molecular weight is 503 g/mol. The lowest BCUT2D eigenvalue weighted by atomic mass is 9.99. The summed E-state index contributed by atoms with van der Waals surface area (Å²) < 4.78 is 11.4. The first-order valence-corrected chi connectivity index (χ1v) is 12.4. The summed E-state index contributed by atoms with van der Waals surface area (Å²) in [5, 5.41) is 6.71. The van der Waals surface area contributed by atoms with Crippen molar-refractivity contribution in [2.24, 2.45) is 0 Å². The van der Waals surface area contributed by atoms with E-state index in [9.17, 15) is 0 Å². The number of aryl methyl sites for hydroxylation is 2. The van der Waals surface area contributed by atoms with E-state index in [0.717, 1.165) is 50.5 Å². The van der Waals surface area contributed by atoms with E-state index in [0.29, 0.717) is 17.5 Å². The molecule has 6 nitrogen and oxygen atoms in total. The Balaban J connectivity index is 1.41. The van der Waals surface area contributed by atoms with Gasteiger partial charge in [-0.2, -0.15) is 4.98 Å². The lowest BCUT2D eigenvalue weighted by Crippen LogP contribution is -2.03. The van der Waals surface area contributed by atoms with Crippen LogP contribution in [0.1, 0.15) is 11.1 Å². The molecule has 1 heterocycles. The van der Waals surface area contributed by atoms with E-state index in [1.54, 1.807) is 20.4 Å². The SMILES string of the molecule is COc1cc(-c2ccccc2)c(C)cc1Nc1ccnc(Nc2cc(C)c(-c3ccccc3)cc2OC)n1. The first-order valence-electron chi connectivity index (χ1n) is 12.4. The molecule has 0 aliphatic heterocycles. The molecule has 2 N–H and O–H groups in total. The Bertz CT molecular complexity index is 1440. The van der Waals surface area contributed by atoms with Crippen molar-refractivity contribution >= 4 is 23.1 Å². The highest BCUT2D eigenvalue weighted by Crippen LogP contribution is 2.37. The highest BCUT2D eigenvalue weighted by atomic mass is 16.5. The summed E-state index contributed by atoms with van der Waals surface area (Å²) in [6, 6.07) is 30.6. The molecule has 190 valence electrons. The molecule has 0 fully saturated rings. The number of nitrogens with one attached hydrogen (secondary N) is 2. The molecule has 0 bridgehead atoms. The minimum absolute atomic E-state index is 0.455. The summed E-state index contributed by atoms with van der Waals surface area (Å²) in [5.41, 5.74) is 8.39. The Hall–Kier alpha value is -4.84. The molecule has 0 saturated carbocycles. The average Bonchev–Trinajstić information content (AvgIpc) is 2.94. The Morgan fingerprint density at radius 2 is 1.11 bits per heavy atom. The van der Waals surface area contributed by atoms with Gasteiger partial charge in [-0.15, -0.1) is 0 Å². The molecule has 5 rings (SSSR count). The van der Waals surface area contributed by atoms with Crippen LogP contribution in [0.15, 0.2) is 97.2 Å². The molecule has 38 heavy (non-hydrogen) atoms. The van der Waals surface area contributed by atoms with Gasteiger partial charge in [0.1, 0.15) is 17.3 Å². The van der Waals surface area contributed by atoms with Gasteiger partial charge in [0.05, 0.1) is 25.6 Å². The smallest absolute Gasteiger partial charge is 0.229 e. The zero-order valence-corrected chi connectivity index (χ0v) is 21.9. The van der Waals surface area contributed by atoms with E-state index in [1.807, 2.05) is 48.5 Å². The van der Waals surface area contributed by atoms with Crippen LogP contribution in [0.4, 0.5) is 23.1 Å². The second kappa shape index (κ2) is 11.0. The van der Waals surface area contributed by atoms with E-state index in [1.165, 1.54) is 0 Å². The molecule has 0 spiro atoms. The van der Waals surface area contributed by atoms with Crippen LogP contribution in [0.25, 0.3) is 22.3 Å². The van der Waals surface area contributed by atoms with Gasteiger partial charge in [0.25, 0.3) is 0 Å². The molecule has 0 saturated heterocycles. The summed E-state index contributed by atoms with van der Waals surface area (Å²) >= 11 is 0. The fourth-order valence-corrected chi connectivity index (χ4v) is 4.51. The Kier molecular flexibility index (Phi) is 7.22. The summed E-state index contributed by atoms with van der Waals surface area (Å²) in [4.78, 5) is 9.12. The molecule has 4 aromatic carbocycles. The molecular formula is C32H30N4O2. The molecule has 0 aliphatic rings. The van der Waals surface area contributed by atoms with Gasteiger partial charge in [-0.1, -0.05) is 60.7 Å². The van der Waals surface area contributed by atoms with Crippen LogP contribution >= 0.6 is 0 Å². The fourth-order valence-electron chi connectivity index (χ4n) is 4.51. The second-order valence-electron chi connectivity index (χ2n) is 8.98. The maximum absolute atomic E-state index is 5.71. The van der Waals surface area contributed by atoms with Gasteiger partial charge in [-0.05, 0) is 77.6 Å². The lowest BCUT2D eigenvalue weighted by molar-refractivity contribution is 0.417. The standard InChI is InChI=1S/C32H30N4O2/c1-21-17-27(29(37-3)19-25(21)23-11-7-5-8-12-23)34-31-15-16-33-32(36-31)35-28-18-22(2)26(20-30(28)38-4)24-13-9-6-10-14-24/h5-20H,1-4H3,(H2,33,34,35,36). The van der Waals surface area contributed by atoms with Crippen molar-refractivity contribution in [1.29, 1.82) is 0 Å². The minimum atomic E-state index is 0.455. The van der Waals surface area contributed by atoms with Crippen LogP contribution < -0.4 is 20.1 Å². The molecule has 1 aromatic heterocycles. The number of benzene rings is 4. The maximum Gasteiger partial charge on any atom is 0.229 e. The fraction of sp³-hybridized carbons (Fsp3) is 0.125. The maximum atomic E-state index is 5.71. The van der Waals surface area contributed by atoms with Gasteiger partial charge >= 0.3 is 0 Å². The van der Waals surface area contributed by atoms with Crippen molar-refractivity contribution in [1.82, 2.24) is 9.97 Å². The van der Waals surface area contributed by atoms with Gasteiger partial charge in [-0.25, -0.2) is 4.98 Å². The largest absolute Gasteiger partial charge is 0.495 e. The molecule has 0 amide bonds. The Morgan fingerprint density at radius 3 is 1.61 bits per heavy atom. The molecule has 5 aromatic rings. The highest BCUT2D eigenvalue weighted by Gasteiger charge is 2.13. The van der Waals surface area contributed by atoms with Gasteiger partial charge in [-0.3, -0.25) is 0 Å². The molecule has 0 aliphatic carbocycles.